The van der Waals surface area contributed by atoms with E-state index >= 15 is 0 Å². The fourth-order valence-corrected chi connectivity index (χ4v) is 5.46. The maximum atomic E-state index is 14.2. The molecule has 1 aliphatic heterocycles. The number of para-hydroxylation sites is 1. The highest BCUT2D eigenvalue weighted by Crippen LogP contribution is 2.44. The van der Waals surface area contributed by atoms with Crippen LogP contribution in [0.25, 0.3) is 5.69 Å². The van der Waals surface area contributed by atoms with Gasteiger partial charge in [0.25, 0.3) is 11.8 Å². The number of carbonyl (C=O) groups excluding carboxylic acids is 3. The minimum absolute atomic E-state index is 0.232. The van der Waals surface area contributed by atoms with Crippen molar-refractivity contribution in [2.24, 2.45) is 0 Å². The van der Waals surface area contributed by atoms with Crippen LogP contribution in [0.4, 0.5) is 24.7 Å². The molecule has 3 amide bonds. The molecule has 1 aromatic heterocycles. The number of aromatic nitrogens is 2. The van der Waals surface area contributed by atoms with Crippen molar-refractivity contribution in [1.82, 2.24) is 15.1 Å². The summed E-state index contributed by atoms with van der Waals surface area (Å²) in [5, 5.41) is 9.44. The zero-order chi connectivity index (χ0) is 31.8. The number of hydrogen-bond donors (Lipinski definition) is 2. The zero-order valence-corrected chi connectivity index (χ0v) is 24.8. The molecule has 228 valence electrons. The molecule has 1 aliphatic rings. The van der Waals surface area contributed by atoms with Crippen LogP contribution in [-0.2, 0) is 15.8 Å². The molecule has 2 N–H and O–H groups in total. The number of likely N-dealkylation sites (N-methyl/N-ethyl adjacent to an activating group) is 1. The number of fused-ring (bicyclic) bond motifs is 1. The SMILES string of the molecule is CCN1C(=O)[C@@H](NC(=O)c2cccc(C(F)(F)F)c2)[C@@H](c2cccc(NC(=O)[C@H](C)Cl)c2)c2c(C)nn(-c3ccccc3)c21. The number of nitrogens with zero attached hydrogens (tertiary/aromatic N) is 3. The van der Waals surface area contributed by atoms with Gasteiger partial charge in [-0.3, -0.25) is 19.3 Å². The van der Waals surface area contributed by atoms with Gasteiger partial charge in [0.05, 0.1) is 16.9 Å². The summed E-state index contributed by atoms with van der Waals surface area (Å²) < 4.78 is 41.9. The Morgan fingerprint density at radius 1 is 1.02 bits per heavy atom. The molecular formula is C32H29ClF3N5O3. The second kappa shape index (κ2) is 12.2. The van der Waals surface area contributed by atoms with Crippen LogP contribution in [0.5, 0.6) is 0 Å². The molecule has 12 heteroatoms. The van der Waals surface area contributed by atoms with Crippen molar-refractivity contribution in [2.45, 2.75) is 44.3 Å². The lowest BCUT2D eigenvalue weighted by atomic mass is 9.81. The highest BCUT2D eigenvalue weighted by atomic mass is 35.5. The molecule has 0 saturated heterocycles. The minimum Gasteiger partial charge on any atom is -0.339 e. The lowest BCUT2D eigenvalue weighted by Gasteiger charge is -2.38. The number of halogens is 4. The van der Waals surface area contributed by atoms with Crippen LogP contribution in [0.1, 0.15) is 52.5 Å². The van der Waals surface area contributed by atoms with Crippen LogP contribution in [0.2, 0.25) is 0 Å². The van der Waals surface area contributed by atoms with Crippen LogP contribution in [0.15, 0.2) is 78.9 Å². The second-order valence-corrected chi connectivity index (χ2v) is 11.0. The van der Waals surface area contributed by atoms with Gasteiger partial charge in [-0.25, -0.2) is 4.68 Å². The summed E-state index contributed by atoms with van der Waals surface area (Å²) in [6, 6.07) is 18.9. The standard InChI is InChI=1S/C32H29ClF3N5O3/c1-4-40-30-25(19(3)39-41(30)24-14-6-5-7-15-24)26(20-10-9-13-23(17-20)37-28(42)18(2)33)27(31(40)44)38-29(43)21-11-8-12-22(16-21)32(34,35)36/h5-18,26-27H,4H2,1-3H3,(H,37,42)(H,38,43)/t18-,26-,27-/m0/s1. The van der Waals surface area contributed by atoms with Gasteiger partial charge in [-0.1, -0.05) is 36.4 Å². The van der Waals surface area contributed by atoms with Crippen LogP contribution >= 0.6 is 11.6 Å². The fourth-order valence-electron chi connectivity index (χ4n) is 5.40. The first kappa shape index (κ1) is 30.8. The minimum atomic E-state index is -4.65. The van der Waals surface area contributed by atoms with E-state index in [1.54, 1.807) is 42.8 Å². The average molecular weight is 624 g/mol. The monoisotopic (exact) mass is 623 g/mol. The number of carbonyl (C=O) groups is 3. The summed E-state index contributed by atoms with van der Waals surface area (Å²) in [7, 11) is 0. The molecule has 8 nitrogen and oxygen atoms in total. The normalized spacial score (nSPS) is 17.2. The van der Waals surface area contributed by atoms with Crippen LogP contribution in [-0.4, -0.2) is 45.5 Å². The highest BCUT2D eigenvalue weighted by molar-refractivity contribution is 6.32. The Hall–Kier alpha value is -4.64. The van der Waals surface area contributed by atoms with E-state index in [9.17, 15) is 27.6 Å². The van der Waals surface area contributed by atoms with Gasteiger partial charge in [0, 0.05) is 29.3 Å². The molecule has 0 unspecified atom stereocenters. The fraction of sp³-hybridized carbons (Fsp3) is 0.250. The lowest BCUT2D eigenvalue weighted by Crippen LogP contribution is -2.55. The van der Waals surface area contributed by atoms with Gasteiger partial charge < -0.3 is 10.6 Å². The Balaban J connectivity index is 1.66. The molecule has 0 fully saturated rings. The van der Waals surface area contributed by atoms with Crippen molar-refractivity contribution < 1.29 is 27.6 Å². The predicted molar refractivity (Wildman–Crippen MR) is 161 cm³/mol. The third kappa shape index (κ3) is 5.92. The smallest absolute Gasteiger partial charge is 0.339 e. The molecule has 4 aromatic rings. The summed E-state index contributed by atoms with van der Waals surface area (Å²) >= 11 is 5.95. The number of hydrogen-bond acceptors (Lipinski definition) is 4. The van der Waals surface area contributed by atoms with E-state index in [4.69, 9.17) is 16.7 Å². The number of amides is 3. The number of rotatable bonds is 7. The summed E-state index contributed by atoms with van der Waals surface area (Å²) in [5.74, 6) is -2.03. The molecule has 3 atom stereocenters. The van der Waals surface area contributed by atoms with Crippen molar-refractivity contribution >= 4 is 40.8 Å². The molecule has 5 rings (SSSR count). The summed E-state index contributed by atoms with van der Waals surface area (Å²) in [6.07, 6.45) is -4.65. The molecule has 2 heterocycles. The Kier molecular flexibility index (Phi) is 8.51. The van der Waals surface area contributed by atoms with E-state index < -0.39 is 46.8 Å². The Bertz CT molecular complexity index is 1720. The van der Waals surface area contributed by atoms with E-state index in [2.05, 4.69) is 10.6 Å². The van der Waals surface area contributed by atoms with E-state index in [1.165, 1.54) is 17.9 Å². The predicted octanol–water partition coefficient (Wildman–Crippen LogP) is 6.06. The molecule has 3 aromatic carbocycles. The second-order valence-electron chi connectivity index (χ2n) is 10.4. The third-order valence-corrected chi connectivity index (χ3v) is 7.64. The van der Waals surface area contributed by atoms with Crippen molar-refractivity contribution in [3.63, 3.8) is 0 Å². The highest BCUT2D eigenvalue weighted by Gasteiger charge is 2.45. The summed E-state index contributed by atoms with van der Waals surface area (Å²) in [6.45, 7) is 5.35. The Morgan fingerprint density at radius 3 is 2.39 bits per heavy atom. The Labute approximate surface area is 256 Å². The van der Waals surface area contributed by atoms with Gasteiger partial charge in [0.15, 0.2) is 0 Å². The van der Waals surface area contributed by atoms with Crippen LogP contribution in [0, 0.1) is 6.92 Å². The molecule has 0 aliphatic carbocycles. The first-order chi connectivity index (χ1) is 20.9. The maximum Gasteiger partial charge on any atom is 0.416 e. The average Bonchev–Trinajstić information content (AvgIpc) is 3.34. The first-order valence-electron chi connectivity index (χ1n) is 13.9. The molecular weight excluding hydrogens is 595 g/mol. The topological polar surface area (TPSA) is 96.3 Å². The first-order valence-corrected chi connectivity index (χ1v) is 14.3. The third-order valence-electron chi connectivity index (χ3n) is 7.44. The van der Waals surface area contributed by atoms with Crippen LogP contribution in [0.3, 0.4) is 0 Å². The number of nitrogens with one attached hydrogen (secondary N) is 2. The summed E-state index contributed by atoms with van der Waals surface area (Å²) in [5.41, 5.74) is 1.72. The van der Waals surface area contributed by atoms with Crippen molar-refractivity contribution in [2.75, 3.05) is 16.8 Å². The van der Waals surface area contributed by atoms with Crippen molar-refractivity contribution in [3.8, 4) is 5.69 Å². The van der Waals surface area contributed by atoms with Gasteiger partial charge >= 0.3 is 6.18 Å². The summed E-state index contributed by atoms with van der Waals surface area (Å²) in [4.78, 5) is 41.6. The largest absolute Gasteiger partial charge is 0.416 e. The van der Waals surface area contributed by atoms with Gasteiger partial charge in [-0.2, -0.15) is 18.3 Å². The molecule has 44 heavy (non-hydrogen) atoms. The van der Waals surface area contributed by atoms with E-state index in [0.717, 1.165) is 18.2 Å². The van der Waals surface area contributed by atoms with E-state index in [-0.39, 0.29) is 12.1 Å². The molecule has 0 radical (unpaired) electrons. The Morgan fingerprint density at radius 2 is 1.73 bits per heavy atom. The van der Waals surface area contributed by atoms with Gasteiger partial charge in [-0.05, 0) is 68.8 Å². The number of anilines is 2. The zero-order valence-electron chi connectivity index (χ0n) is 24.0. The van der Waals surface area contributed by atoms with Crippen LogP contribution < -0.4 is 15.5 Å². The van der Waals surface area contributed by atoms with E-state index in [0.29, 0.717) is 34.0 Å². The van der Waals surface area contributed by atoms with Gasteiger partial charge in [0.1, 0.15) is 17.2 Å². The quantitative estimate of drug-likeness (QED) is 0.245. The maximum absolute atomic E-state index is 14.2. The van der Waals surface area contributed by atoms with E-state index in [1.807, 2.05) is 30.3 Å². The number of aryl methyl sites for hydroxylation is 1. The molecule has 0 saturated carbocycles. The number of benzene rings is 3. The lowest BCUT2D eigenvalue weighted by molar-refractivity contribution is -0.137. The van der Waals surface area contributed by atoms with Crippen molar-refractivity contribution in [3.05, 3.63) is 107 Å². The van der Waals surface area contributed by atoms with Crippen molar-refractivity contribution in [1.29, 1.82) is 0 Å². The molecule has 0 spiro atoms. The number of alkyl halides is 4. The van der Waals surface area contributed by atoms with Gasteiger partial charge in [0.2, 0.25) is 5.91 Å². The molecule has 0 bridgehead atoms. The van der Waals surface area contributed by atoms with Gasteiger partial charge in [-0.15, -0.1) is 11.6 Å².